The fourth-order valence-corrected chi connectivity index (χ4v) is 4.64. The van der Waals surface area contributed by atoms with Crippen molar-refractivity contribution < 1.29 is 32.7 Å². The maximum Gasteiger partial charge on any atom is 0.417 e. The lowest BCUT2D eigenvalue weighted by atomic mass is 9.82. The Morgan fingerprint density at radius 2 is 1.90 bits per heavy atom. The van der Waals surface area contributed by atoms with Crippen LogP contribution in [-0.2, 0) is 28.9 Å². The fourth-order valence-electron chi connectivity index (χ4n) is 4.35. The highest BCUT2D eigenvalue weighted by Crippen LogP contribution is 2.45. The Morgan fingerprint density at radius 3 is 2.40 bits per heavy atom. The fraction of sp³-hybridized carbons (Fsp3) is 0.526. The van der Waals surface area contributed by atoms with E-state index in [1.807, 2.05) is 0 Å². The van der Waals surface area contributed by atoms with Gasteiger partial charge in [0.25, 0.3) is 5.91 Å². The molecule has 162 valence electrons. The van der Waals surface area contributed by atoms with Crippen molar-refractivity contribution in [2.24, 2.45) is 11.8 Å². The second-order valence-corrected chi connectivity index (χ2v) is 8.44. The molecule has 1 saturated carbocycles. The largest absolute Gasteiger partial charge is 0.417 e. The Labute approximate surface area is 174 Å². The first-order valence-electron chi connectivity index (χ1n) is 9.47. The van der Waals surface area contributed by atoms with Crippen LogP contribution >= 0.6 is 11.6 Å². The number of halogens is 4. The number of hydrogen-bond acceptors (Lipinski definition) is 4. The molecule has 30 heavy (non-hydrogen) atoms. The molecule has 7 nitrogen and oxygen atoms in total. The minimum atomic E-state index is -4.61. The standard InChI is InChI=1S/C19H19ClF3N3O4/c20-14-4-10-7-26(6-9(10)3-13(14)19(21,22)23)15(28)11(8-27)5-18(12-1-2-12)16(29)24-17(30)25-18/h3-4,11-12,27H,1-2,5-8H2,(H2,24,25,29,30)/t11-,18+/m1/s1. The van der Waals surface area contributed by atoms with E-state index < -0.39 is 52.7 Å². The highest BCUT2D eigenvalue weighted by Gasteiger charge is 2.57. The van der Waals surface area contributed by atoms with E-state index in [2.05, 4.69) is 10.6 Å². The summed E-state index contributed by atoms with van der Waals surface area (Å²) >= 11 is 5.76. The summed E-state index contributed by atoms with van der Waals surface area (Å²) < 4.78 is 39.3. The molecule has 1 aliphatic carbocycles. The molecule has 4 rings (SSSR count). The first-order chi connectivity index (χ1) is 14.0. The molecule has 2 aliphatic heterocycles. The number of aliphatic hydroxyl groups is 1. The summed E-state index contributed by atoms with van der Waals surface area (Å²) in [6.07, 6.45) is -3.25. The van der Waals surface area contributed by atoms with Crippen LogP contribution in [0, 0.1) is 11.8 Å². The number of alkyl halides is 3. The quantitative estimate of drug-likeness (QED) is 0.605. The lowest BCUT2D eigenvalue weighted by Crippen LogP contribution is -2.52. The lowest BCUT2D eigenvalue weighted by Gasteiger charge is -2.31. The molecule has 2 atom stereocenters. The first-order valence-corrected chi connectivity index (χ1v) is 9.84. The normalized spacial score (nSPS) is 24.5. The van der Waals surface area contributed by atoms with Crippen LogP contribution in [0.4, 0.5) is 18.0 Å². The molecule has 2 heterocycles. The third-order valence-electron chi connectivity index (χ3n) is 6.01. The lowest BCUT2D eigenvalue weighted by molar-refractivity contribution is -0.139. The van der Waals surface area contributed by atoms with Gasteiger partial charge in [0, 0.05) is 13.1 Å². The van der Waals surface area contributed by atoms with E-state index >= 15 is 0 Å². The summed E-state index contributed by atoms with van der Waals surface area (Å²) in [5.41, 5.74) is -1.38. The first kappa shape index (κ1) is 20.9. The summed E-state index contributed by atoms with van der Waals surface area (Å²) in [6.45, 7) is -0.560. The Hall–Kier alpha value is -2.33. The van der Waals surface area contributed by atoms with Crippen LogP contribution < -0.4 is 10.6 Å². The molecule has 11 heteroatoms. The van der Waals surface area contributed by atoms with Gasteiger partial charge in [-0.05, 0) is 48.4 Å². The van der Waals surface area contributed by atoms with Gasteiger partial charge in [-0.25, -0.2) is 4.79 Å². The molecule has 1 aromatic rings. The number of carbonyl (C=O) groups is 3. The second-order valence-electron chi connectivity index (χ2n) is 8.03. The maximum absolute atomic E-state index is 13.1. The van der Waals surface area contributed by atoms with Gasteiger partial charge < -0.3 is 15.3 Å². The number of aliphatic hydroxyl groups excluding tert-OH is 1. The number of nitrogens with zero attached hydrogens (tertiary/aromatic N) is 1. The van der Waals surface area contributed by atoms with Crippen LogP contribution in [-0.4, -0.2) is 40.0 Å². The number of fused-ring (bicyclic) bond motifs is 1. The molecule has 1 aromatic carbocycles. The molecule has 4 amide bonds. The van der Waals surface area contributed by atoms with Gasteiger partial charge in [0.2, 0.25) is 5.91 Å². The predicted molar refractivity (Wildman–Crippen MR) is 98.0 cm³/mol. The monoisotopic (exact) mass is 445 g/mol. The van der Waals surface area contributed by atoms with E-state index in [9.17, 15) is 32.7 Å². The molecule has 1 saturated heterocycles. The molecule has 3 aliphatic rings. The Morgan fingerprint density at radius 1 is 1.27 bits per heavy atom. The molecular formula is C19H19ClF3N3O4. The number of nitrogens with one attached hydrogen (secondary N) is 2. The van der Waals surface area contributed by atoms with Crippen LogP contribution in [0.3, 0.4) is 0 Å². The van der Waals surface area contributed by atoms with Crippen molar-refractivity contribution in [3.8, 4) is 0 Å². The number of carbonyl (C=O) groups excluding carboxylic acids is 3. The molecule has 0 bridgehead atoms. The smallest absolute Gasteiger partial charge is 0.396 e. The van der Waals surface area contributed by atoms with Gasteiger partial charge in [-0.15, -0.1) is 0 Å². The molecule has 0 unspecified atom stereocenters. The van der Waals surface area contributed by atoms with Crippen molar-refractivity contribution >= 4 is 29.4 Å². The summed E-state index contributed by atoms with van der Waals surface area (Å²) in [7, 11) is 0. The number of urea groups is 1. The summed E-state index contributed by atoms with van der Waals surface area (Å²) in [4.78, 5) is 38.5. The third kappa shape index (κ3) is 3.51. The molecular weight excluding hydrogens is 427 g/mol. The average Bonchev–Trinajstić information content (AvgIpc) is 3.36. The van der Waals surface area contributed by atoms with Crippen LogP contribution in [0.2, 0.25) is 5.02 Å². The van der Waals surface area contributed by atoms with E-state index in [0.29, 0.717) is 24.0 Å². The van der Waals surface area contributed by atoms with E-state index in [1.165, 1.54) is 11.0 Å². The van der Waals surface area contributed by atoms with E-state index in [4.69, 9.17) is 11.6 Å². The van der Waals surface area contributed by atoms with Crippen molar-refractivity contribution in [3.63, 3.8) is 0 Å². The van der Waals surface area contributed by atoms with E-state index in [0.717, 1.165) is 6.07 Å². The Kier molecular flexibility index (Phi) is 4.97. The highest BCUT2D eigenvalue weighted by molar-refractivity contribution is 6.31. The second kappa shape index (κ2) is 7.12. The molecule has 0 spiro atoms. The van der Waals surface area contributed by atoms with Crippen LogP contribution in [0.5, 0.6) is 0 Å². The van der Waals surface area contributed by atoms with E-state index in [1.54, 1.807) is 0 Å². The average molecular weight is 446 g/mol. The number of hydrogen-bond donors (Lipinski definition) is 3. The van der Waals surface area contributed by atoms with Gasteiger partial charge in [-0.1, -0.05) is 11.6 Å². The zero-order valence-corrected chi connectivity index (χ0v) is 16.4. The molecule has 0 aromatic heterocycles. The van der Waals surface area contributed by atoms with E-state index in [-0.39, 0.29) is 25.4 Å². The zero-order chi connectivity index (χ0) is 21.8. The number of rotatable bonds is 5. The van der Waals surface area contributed by atoms with Crippen LogP contribution in [0.1, 0.15) is 36.0 Å². The SMILES string of the molecule is O=C1NC(=O)[C@](C[C@H](CO)C(=O)N2Cc3cc(Cl)c(C(F)(F)F)cc3C2)(C2CC2)N1. The molecule has 0 radical (unpaired) electrons. The predicted octanol–water partition coefficient (Wildman–Crippen LogP) is 2.19. The van der Waals surface area contributed by atoms with Gasteiger partial charge in [0.15, 0.2) is 0 Å². The molecule has 2 fully saturated rings. The minimum Gasteiger partial charge on any atom is -0.396 e. The maximum atomic E-state index is 13.1. The van der Waals surface area contributed by atoms with Crippen LogP contribution in [0.25, 0.3) is 0 Å². The Bertz CT molecular complexity index is 934. The van der Waals surface area contributed by atoms with Crippen molar-refractivity contribution in [2.75, 3.05) is 6.61 Å². The number of amides is 4. The van der Waals surface area contributed by atoms with Gasteiger partial charge in [-0.2, -0.15) is 13.2 Å². The number of benzene rings is 1. The van der Waals surface area contributed by atoms with Crippen molar-refractivity contribution in [1.82, 2.24) is 15.5 Å². The Balaban J connectivity index is 1.53. The van der Waals surface area contributed by atoms with Crippen LogP contribution in [0.15, 0.2) is 12.1 Å². The summed E-state index contributed by atoms with van der Waals surface area (Å²) in [6, 6.07) is 1.51. The topological polar surface area (TPSA) is 98.7 Å². The van der Waals surface area contributed by atoms with Gasteiger partial charge in [0.1, 0.15) is 5.54 Å². The summed E-state index contributed by atoms with van der Waals surface area (Å²) in [5, 5.41) is 14.2. The van der Waals surface area contributed by atoms with Gasteiger partial charge in [0.05, 0.1) is 23.1 Å². The van der Waals surface area contributed by atoms with Gasteiger partial charge in [-0.3, -0.25) is 14.9 Å². The van der Waals surface area contributed by atoms with Crippen molar-refractivity contribution in [1.29, 1.82) is 0 Å². The van der Waals surface area contributed by atoms with Crippen molar-refractivity contribution in [3.05, 3.63) is 33.8 Å². The molecule has 3 N–H and O–H groups in total. The number of imide groups is 1. The minimum absolute atomic E-state index is 0.0531. The van der Waals surface area contributed by atoms with Gasteiger partial charge >= 0.3 is 12.2 Å². The zero-order valence-electron chi connectivity index (χ0n) is 15.7. The highest BCUT2D eigenvalue weighted by atomic mass is 35.5. The third-order valence-corrected chi connectivity index (χ3v) is 6.32. The summed E-state index contributed by atoms with van der Waals surface area (Å²) in [5.74, 6) is -2.11. The van der Waals surface area contributed by atoms with Crippen molar-refractivity contribution in [2.45, 2.75) is 44.1 Å².